The molecule has 0 spiro atoms. The van der Waals surface area contributed by atoms with E-state index in [2.05, 4.69) is 10.1 Å². The molecule has 0 aromatic heterocycles. The molecule has 0 saturated heterocycles. The van der Waals surface area contributed by atoms with Gasteiger partial charge < -0.3 is 15.2 Å². The average molecular weight is 319 g/mol. The average Bonchev–Trinajstić information content (AvgIpc) is 2.43. The third-order valence-corrected chi connectivity index (χ3v) is 3.20. The van der Waals surface area contributed by atoms with Gasteiger partial charge in [-0.3, -0.25) is 4.79 Å². The number of rotatable bonds is 8. The van der Waals surface area contributed by atoms with Crippen molar-refractivity contribution in [1.29, 1.82) is 0 Å². The van der Waals surface area contributed by atoms with Crippen LogP contribution in [0.4, 0.5) is 8.78 Å². The van der Waals surface area contributed by atoms with Gasteiger partial charge in [0.1, 0.15) is 11.8 Å². The first kappa shape index (κ1) is 17.2. The molecule has 2 N–H and O–H groups in total. The number of amides is 1. The number of benzene rings is 1. The van der Waals surface area contributed by atoms with Crippen molar-refractivity contribution in [2.45, 2.75) is 19.1 Å². The molecule has 1 amide bonds. The Kier molecular flexibility index (Phi) is 6.93. The maximum Gasteiger partial charge on any atom is 0.387 e. The molecule has 1 rings (SSSR count). The molecule has 116 valence electrons. The Labute approximate surface area is 124 Å². The summed E-state index contributed by atoms with van der Waals surface area (Å²) >= 11 is 1.48. The fraction of sp³-hybridized carbons (Fsp3) is 0.385. The molecule has 0 fully saturated rings. The number of carboxylic acid groups (broad SMARTS) is 1. The molecule has 0 heterocycles. The molecule has 0 aliphatic carbocycles. The highest BCUT2D eigenvalue weighted by atomic mass is 32.2. The number of carbonyl (C=O) groups is 2. The number of hydrogen-bond acceptors (Lipinski definition) is 4. The van der Waals surface area contributed by atoms with Gasteiger partial charge in [0.2, 0.25) is 0 Å². The molecule has 0 saturated carbocycles. The van der Waals surface area contributed by atoms with Crippen molar-refractivity contribution < 1.29 is 28.2 Å². The van der Waals surface area contributed by atoms with E-state index >= 15 is 0 Å². The maximum absolute atomic E-state index is 12.0. The van der Waals surface area contributed by atoms with Crippen LogP contribution in [0.25, 0.3) is 0 Å². The Morgan fingerprint density at radius 1 is 1.33 bits per heavy atom. The number of alkyl halides is 2. The lowest BCUT2D eigenvalue weighted by molar-refractivity contribution is -0.139. The molecule has 1 aromatic rings. The van der Waals surface area contributed by atoms with Gasteiger partial charge in [-0.25, -0.2) is 4.79 Å². The standard InChI is InChI=1S/C13H15F2NO4S/c1-21-7-6-10(12(18)19)16-11(17)8-2-4-9(5-3-8)20-13(14)15/h2-5,10,13H,6-7H2,1H3,(H,16,17)(H,18,19)/t10-/m0/s1. The first-order chi connectivity index (χ1) is 9.93. The Balaban J connectivity index is 2.67. The second kappa shape index (κ2) is 8.46. The van der Waals surface area contributed by atoms with Gasteiger partial charge in [0.25, 0.3) is 5.91 Å². The van der Waals surface area contributed by atoms with Crippen molar-refractivity contribution in [2.24, 2.45) is 0 Å². The van der Waals surface area contributed by atoms with Crippen LogP contribution in [0.15, 0.2) is 24.3 Å². The zero-order valence-corrected chi connectivity index (χ0v) is 12.0. The van der Waals surface area contributed by atoms with Crippen LogP contribution >= 0.6 is 11.8 Å². The van der Waals surface area contributed by atoms with Gasteiger partial charge in [0.05, 0.1) is 0 Å². The molecule has 0 unspecified atom stereocenters. The largest absolute Gasteiger partial charge is 0.480 e. The maximum atomic E-state index is 12.0. The lowest BCUT2D eigenvalue weighted by Gasteiger charge is -2.14. The van der Waals surface area contributed by atoms with E-state index in [9.17, 15) is 18.4 Å². The first-order valence-corrected chi connectivity index (χ1v) is 7.41. The number of halogens is 2. The highest BCUT2D eigenvalue weighted by Crippen LogP contribution is 2.15. The molecule has 1 aromatic carbocycles. The number of ether oxygens (including phenoxy) is 1. The lowest BCUT2D eigenvalue weighted by atomic mass is 10.1. The molecule has 0 aliphatic heterocycles. The van der Waals surface area contributed by atoms with E-state index in [0.29, 0.717) is 12.2 Å². The molecular formula is C13H15F2NO4S. The number of nitrogens with one attached hydrogen (secondary N) is 1. The molecule has 5 nitrogen and oxygen atoms in total. The molecule has 1 atom stereocenters. The van der Waals surface area contributed by atoms with Crippen LogP contribution in [0.3, 0.4) is 0 Å². The van der Waals surface area contributed by atoms with Gasteiger partial charge in [-0.15, -0.1) is 0 Å². The van der Waals surface area contributed by atoms with Crippen LogP contribution in [0.2, 0.25) is 0 Å². The number of carboxylic acids is 1. The van der Waals surface area contributed by atoms with Gasteiger partial charge in [-0.2, -0.15) is 20.5 Å². The molecule has 0 aliphatic rings. The summed E-state index contributed by atoms with van der Waals surface area (Å²) in [6.07, 6.45) is 2.14. The van der Waals surface area contributed by atoms with E-state index in [-0.39, 0.29) is 11.3 Å². The third kappa shape index (κ3) is 5.99. The van der Waals surface area contributed by atoms with Crippen LogP contribution < -0.4 is 10.1 Å². The summed E-state index contributed by atoms with van der Waals surface area (Å²) in [5.41, 5.74) is 0.173. The second-order valence-electron chi connectivity index (χ2n) is 4.05. The number of thioether (sulfide) groups is 1. The summed E-state index contributed by atoms with van der Waals surface area (Å²) < 4.78 is 28.1. The monoisotopic (exact) mass is 319 g/mol. The van der Waals surface area contributed by atoms with Crippen molar-refractivity contribution in [3.05, 3.63) is 29.8 Å². The summed E-state index contributed by atoms with van der Waals surface area (Å²) in [4.78, 5) is 22.9. The Bertz CT molecular complexity index is 482. The highest BCUT2D eigenvalue weighted by molar-refractivity contribution is 7.98. The number of hydrogen-bond donors (Lipinski definition) is 2. The summed E-state index contributed by atoms with van der Waals surface area (Å²) in [6.45, 7) is -2.94. The van der Waals surface area contributed by atoms with E-state index in [1.807, 2.05) is 6.26 Å². The molecule has 8 heteroatoms. The second-order valence-corrected chi connectivity index (χ2v) is 5.03. The van der Waals surface area contributed by atoms with Crippen LogP contribution in [0.5, 0.6) is 5.75 Å². The van der Waals surface area contributed by atoms with Crippen molar-refractivity contribution >= 4 is 23.6 Å². The Morgan fingerprint density at radius 3 is 2.43 bits per heavy atom. The van der Waals surface area contributed by atoms with Crippen LogP contribution in [0.1, 0.15) is 16.8 Å². The lowest BCUT2D eigenvalue weighted by Crippen LogP contribution is -2.41. The van der Waals surface area contributed by atoms with Crippen molar-refractivity contribution in [1.82, 2.24) is 5.32 Å². The van der Waals surface area contributed by atoms with Crippen LogP contribution in [0, 0.1) is 0 Å². The third-order valence-electron chi connectivity index (χ3n) is 2.56. The van der Waals surface area contributed by atoms with E-state index < -0.39 is 24.5 Å². The molecule has 0 radical (unpaired) electrons. The molecule has 0 bridgehead atoms. The number of aliphatic carboxylic acids is 1. The fourth-order valence-corrected chi connectivity index (χ4v) is 1.99. The smallest absolute Gasteiger partial charge is 0.387 e. The quantitative estimate of drug-likeness (QED) is 0.768. The van der Waals surface area contributed by atoms with E-state index in [1.54, 1.807) is 0 Å². The van der Waals surface area contributed by atoms with Gasteiger partial charge in [0, 0.05) is 5.56 Å². The Hall–Kier alpha value is -1.83. The van der Waals surface area contributed by atoms with Gasteiger partial charge in [-0.05, 0) is 42.7 Å². The summed E-state index contributed by atoms with van der Waals surface area (Å²) in [5, 5.41) is 11.4. The molecule has 21 heavy (non-hydrogen) atoms. The predicted molar refractivity (Wildman–Crippen MR) is 75.0 cm³/mol. The zero-order chi connectivity index (χ0) is 15.8. The van der Waals surface area contributed by atoms with Gasteiger partial charge >= 0.3 is 12.6 Å². The van der Waals surface area contributed by atoms with E-state index in [4.69, 9.17) is 5.11 Å². The summed E-state index contributed by atoms with van der Waals surface area (Å²) in [5.74, 6) is -1.17. The van der Waals surface area contributed by atoms with Crippen molar-refractivity contribution in [3.8, 4) is 5.75 Å². The SMILES string of the molecule is CSCC[C@H](NC(=O)c1ccc(OC(F)F)cc1)C(=O)O. The van der Waals surface area contributed by atoms with E-state index in [1.165, 1.54) is 36.0 Å². The minimum atomic E-state index is -2.94. The van der Waals surface area contributed by atoms with Crippen LogP contribution in [-0.2, 0) is 4.79 Å². The van der Waals surface area contributed by atoms with Crippen molar-refractivity contribution in [2.75, 3.05) is 12.0 Å². The number of carbonyl (C=O) groups excluding carboxylic acids is 1. The van der Waals surface area contributed by atoms with Crippen molar-refractivity contribution in [3.63, 3.8) is 0 Å². The topological polar surface area (TPSA) is 75.6 Å². The zero-order valence-electron chi connectivity index (χ0n) is 11.2. The first-order valence-electron chi connectivity index (χ1n) is 6.01. The normalized spacial score (nSPS) is 12.0. The minimum Gasteiger partial charge on any atom is -0.480 e. The predicted octanol–water partition coefficient (Wildman–Crippen LogP) is 2.22. The Morgan fingerprint density at radius 2 is 1.95 bits per heavy atom. The van der Waals surface area contributed by atoms with Gasteiger partial charge in [-0.1, -0.05) is 0 Å². The minimum absolute atomic E-state index is 0.0706. The highest BCUT2D eigenvalue weighted by Gasteiger charge is 2.20. The summed E-state index contributed by atoms with van der Waals surface area (Å²) in [6, 6.07) is 4.04. The van der Waals surface area contributed by atoms with Crippen LogP contribution in [-0.4, -0.2) is 41.6 Å². The fourth-order valence-electron chi connectivity index (χ4n) is 1.52. The summed E-state index contributed by atoms with van der Waals surface area (Å²) in [7, 11) is 0. The van der Waals surface area contributed by atoms with Gasteiger partial charge in [0.15, 0.2) is 0 Å². The molecular weight excluding hydrogens is 304 g/mol. The van der Waals surface area contributed by atoms with E-state index in [0.717, 1.165) is 0 Å².